The third-order valence-electron chi connectivity index (χ3n) is 5.99. The maximum atomic E-state index is 13.6. The molecule has 0 saturated carbocycles. The van der Waals surface area contributed by atoms with E-state index in [2.05, 4.69) is 15.5 Å². The number of benzene rings is 2. The van der Waals surface area contributed by atoms with E-state index in [-0.39, 0.29) is 24.3 Å². The van der Waals surface area contributed by atoms with E-state index in [1.54, 1.807) is 69.9 Å². The number of furan rings is 1. The van der Waals surface area contributed by atoms with Gasteiger partial charge in [-0.1, -0.05) is 17.3 Å². The number of amides is 2. The van der Waals surface area contributed by atoms with Gasteiger partial charge >= 0.3 is 6.03 Å². The van der Waals surface area contributed by atoms with E-state index >= 15 is 0 Å². The zero-order valence-electron chi connectivity index (χ0n) is 19.8. The van der Waals surface area contributed by atoms with Gasteiger partial charge in [-0.2, -0.15) is 4.98 Å². The standard InChI is InChI=1S/C26H23FN4O5/c1-15-22(25-29-24(30-36-25)17-8-11-20(33-2)21(13-17)34-3)23(16-6-9-18(27)10-7-16)28-26(32)31(15)14-19-5-4-12-35-19/h4-13,23H,14H2,1-3H3,(H,28,32). The number of methoxy groups -OCH3 is 2. The summed E-state index contributed by atoms with van der Waals surface area (Å²) in [6.07, 6.45) is 1.55. The molecule has 4 aromatic rings. The summed E-state index contributed by atoms with van der Waals surface area (Å²) in [5.74, 6) is 1.88. The van der Waals surface area contributed by atoms with E-state index in [1.807, 2.05) is 0 Å². The van der Waals surface area contributed by atoms with Gasteiger partial charge in [0.15, 0.2) is 11.5 Å². The summed E-state index contributed by atoms with van der Waals surface area (Å²) in [6, 6.07) is 13.8. The summed E-state index contributed by atoms with van der Waals surface area (Å²) in [7, 11) is 3.10. The highest BCUT2D eigenvalue weighted by atomic mass is 19.1. The van der Waals surface area contributed by atoms with E-state index in [9.17, 15) is 9.18 Å². The van der Waals surface area contributed by atoms with Crippen LogP contribution in [0.25, 0.3) is 17.0 Å². The van der Waals surface area contributed by atoms with Crippen LogP contribution in [0, 0.1) is 5.82 Å². The minimum Gasteiger partial charge on any atom is -0.493 e. The van der Waals surface area contributed by atoms with Crippen molar-refractivity contribution in [2.45, 2.75) is 19.5 Å². The first-order chi connectivity index (χ1) is 17.5. The fourth-order valence-corrected chi connectivity index (χ4v) is 4.14. The van der Waals surface area contributed by atoms with Crippen LogP contribution in [-0.2, 0) is 6.54 Å². The molecule has 184 valence electrons. The van der Waals surface area contributed by atoms with E-state index in [0.717, 1.165) is 0 Å². The average molecular weight is 490 g/mol. The Labute approximate surface area is 206 Å². The predicted octanol–water partition coefficient (Wildman–Crippen LogP) is 5.18. The lowest BCUT2D eigenvalue weighted by Gasteiger charge is -2.34. The quantitative estimate of drug-likeness (QED) is 0.381. The lowest BCUT2D eigenvalue weighted by Crippen LogP contribution is -2.45. The van der Waals surface area contributed by atoms with Crippen LogP contribution in [0.5, 0.6) is 11.5 Å². The van der Waals surface area contributed by atoms with Crippen molar-refractivity contribution >= 4 is 11.6 Å². The smallest absolute Gasteiger partial charge is 0.322 e. The molecule has 2 aromatic heterocycles. The van der Waals surface area contributed by atoms with E-state index < -0.39 is 6.04 Å². The molecule has 0 saturated heterocycles. The molecule has 0 fully saturated rings. The highest BCUT2D eigenvalue weighted by Gasteiger charge is 2.36. The second kappa shape index (κ2) is 9.57. The van der Waals surface area contributed by atoms with E-state index in [1.165, 1.54) is 17.0 Å². The molecule has 0 radical (unpaired) electrons. The molecular formula is C26H23FN4O5. The first-order valence-electron chi connectivity index (χ1n) is 11.1. The minimum atomic E-state index is -0.635. The molecule has 1 unspecified atom stereocenters. The van der Waals surface area contributed by atoms with Crippen LogP contribution in [0.4, 0.5) is 9.18 Å². The van der Waals surface area contributed by atoms with Crippen molar-refractivity contribution in [3.8, 4) is 22.9 Å². The van der Waals surface area contributed by atoms with Gasteiger partial charge in [0, 0.05) is 11.3 Å². The Balaban J connectivity index is 1.58. The first-order valence-corrected chi connectivity index (χ1v) is 11.1. The molecule has 3 heterocycles. The Bertz CT molecular complexity index is 1410. The SMILES string of the molecule is COc1ccc(-c2noc(C3=C(C)N(Cc4ccco4)C(=O)NC3c3ccc(F)cc3)n2)cc1OC. The summed E-state index contributed by atoms with van der Waals surface area (Å²) in [6.45, 7) is 2.01. The summed E-state index contributed by atoms with van der Waals surface area (Å²) in [4.78, 5) is 19.3. The molecule has 1 N–H and O–H groups in total. The van der Waals surface area contributed by atoms with Crippen LogP contribution < -0.4 is 14.8 Å². The van der Waals surface area contributed by atoms with Crippen LogP contribution in [0.1, 0.15) is 30.2 Å². The van der Waals surface area contributed by atoms with Crippen molar-refractivity contribution < 1.29 is 27.6 Å². The maximum Gasteiger partial charge on any atom is 0.322 e. The molecule has 1 atom stereocenters. The van der Waals surface area contributed by atoms with Crippen molar-refractivity contribution in [2.75, 3.05) is 14.2 Å². The maximum absolute atomic E-state index is 13.6. The van der Waals surface area contributed by atoms with E-state index in [0.29, 0.717) is 45.5 Å². The van der Waals surface area contributed by atoms with Gasteiger partial charge in [-0.05, 0) is 55.0 Å². The molecule has 9 nitrogen and oxygen atoms in total. The van der Waals surface area contributed by atoms with Crippen molar-refractivity contribution in [3.63, 3.8) is 0 Å². The topological polar surface area (TPSA) is 103 Å². The molecule has 2 amide bonds. The van der Waals surface area contributed by atoms with Crippen molar-refractivity contribution in [2.24, 2.45) is 0 Å². The molecule has 1 aliphatic rings. The van der Waals surface area contributed by atoms with Gasteiger partial charge in [0.2, 0.25) is 5.82 Å². The molecular weight excluding hydrogens is 467 g/mol. The summed E-state index contributed by atoms with van der Waals surface area (Å²) in [5.41, 5.74) is 2.52. The number of hydrogen-bond donors (Lipinski definition) is 1. The Morgan fingerprint density at radius 3 is 2.56 bits per heavy atom. The lowest BCUT2D eigenvalue weighted by atomic mass is 9.94. The van der Waals surface area contributed by atoms with Crippen LogP contribution in [0.15, 0.2) is 75.5 Å². The second-order valence-electron chi connectivity index (χ2n) is 8.09. The van der Waals surface area contributed by atoms with Crippen molar-refractivity contribution in [1.29, 1.82) is 0 Å². The van der Waals surface area contributed by atoms with Crippen LogP contribution in [-0.4, -0.2) is 35.3 Å². The number of ether oxygens (including phenoxy) is 2. The average Bonchev–Trinajstić information content (AvgIpc) is 3.59. The largest absolute Gasteiger partial charge is 0.493 e. The van der Waals surface area contributed by atoms with Gasteiger partial charge in [-0.15, -0.1) is 0 Å². The number of carbonyl (C=O) groups excluding carboxylic acids is 1. The highest BCUT2D eigenvalue weighted by Crippen LogP contribution is 2.38. The summed E-state index contributed by atoms with van der Waals surface area (Å²) in [5, 5.41) is 7.14. The Morgan fingerprint density at radius 1 is 1.08 bits per heavy atom. The number of carbonyl (C=O) groups is 1. The molecule has 0 spiro atoms. The van der Waals surface area contributed by atoms with Crippen molar-refractivity contribution in [1.82, 2.24) is 20.4 Å². The van der Waals surface area contributed by atoms with Gasteiger partial charge in [-0.25, -0.2) is 9.18 Å². The second-order valence-corrected chi connectivity index (χ2v) is 8.09. The number of nitrogens with zero attached hydrogens (tertiary/aromatic N) is 3. The van der Waals surface area contributed by atoms with Crippen LogP contribution in [0.2, 0.25) is 0 Å². The predicted molar refractivity (Wildman–Crippen MR) is 127 cm³/mol. The number of hydrogen-bond acceptors (Lipinski definition) is 7. The van der Waals surface area contributed by atoms with Gasteiger partial charge in [-0.3, -0.25) is 4.90 Å². The Kier molecular flexibility index (Phi) is 6.16. The molecule has 0 aliphatic carbocycles. The van der Waals surface area contributed by atoms with E-state index in [4.69, 9.17) is 18.4 Å². The summed E-state index contributed by atoms with van der Waals surface area (Å²) >= 11 is 0. The fraction of sp³-hybridized carbons (Fsp3) is 0.192. The third-order valence-corrected chi connectivity index (χ3v) is 5.99. The van der Waals surface area contributed by atoms with Crippen LogP contribution >= 0.6 is 0 Å². The van der Waals surface area contributed by atoms with Gasteiger partial charge in [0.25, 0.3) is 5.89 Å². The number of nitrogens with one attached hydrogen (secondary N) is 1. The summed E-state index contributed by atoms with van der Waals surface area (Å²) < 4.78 is 35.4. The molecule has 5 rings (SSSR count). The number of urea groups is 1. The molecule has 36 heavy (non-hydrogen) atoms. The number of allylic oxidation sites excluding steroid dienone is 1. The monoisotopic (exact) mass is 490 g/mol. The Hall–Kier alpha value is -4.60. The van der Waals surface area contributed by atoms with Crippen molar-refractivity contribution in [3.05, 3.63) is 89.6 Å². The molecule has 10 heteroatoms. The van der Waals surface area contributed by atoms with Gasteiger partial charge < -0.3 is 23.7 Å². The van der Waals surface area contributed by atoms with Gasteiger partial charge in [0.05, 0.1) is 38.6 Å². The minimum absolute atomic E-state index is 0.209. The lowest BCUT2D eigenvalue weighted by molar-refractivity contribution is 0.199. The zero-order valence-corrected chi connectivity index (χ0v) is 19.8. The highest BCUT2D eigenvalue weighted by molar-refractivity contribution is 5.86. The normalized spacial score (nSPS) is 15.7. The van der Waals surface area contributed by atoms with Crippen LogP contribution in [0.3, 0.4) is 0 Å². The fourth-order valence-electron chi connectivity index (χ4n) is 4.14. The molecule has 0 bridgehead atoms. The zero-order chi connectivity index (χ0) is 25.2. The number of aromatic nitrogens is 2. The van der Waals surface area contributed by atoms with Gasteiger partial charge in [0.1, 0.15) is 11.6 Å². The third kappa shape index (κ3) is 4.28. The number of rotatable bonds is 7. The Morgan fingerprint density at radius 2 is 1.86 bits per heavy atom. The first kappa shape index (κ1) is 23.2. The molecule has 2 aromatic carbocycles. The number of halogens is 1. The molecule has 1 aliphatic heterocycles.